The average molecular weight is 1090 g/mol. The van der Waals surface area contributed by atoms with Crippen molar-refractivity contribution in [1.29, 1.82) is 0 Å². The van der Waals surface area contributed by atoms with Crippen LogP contribution < -0.4 is 51.9 Å². The minimum Gasteiger partial charge on any atom is -0.0649 e. The molecular formula is C74H64Si5. The fourth-order valence-corrected chi connectivity index (χ4v) is 137. The molecule has 4 aliphatic rings. The van der Waals surface area contributed by atoms with Crippen molar-refractivity contribution < 1.29 is 0 Å². The molecule has 0 atom stereocenters. The van der Waals surface area contributed by atoms with Crippen LogP contribution in [0.3, 0.4) is 0 Å². The summed E-state index contributed by atoms with van der Waals surface area (Å²) in [6, 6.07) is 125. The van der Waals surface area contributed by atoms with E-state index in [0.717, 1.165) is 25.7 Å². The lowest BCUT2D eigenvalue weighted by atomic mass is 10.2. The van der Waals surface area contributed by atoms with Crippen LogP contribution in [0.5, 0.6) is 0 Å². The van der Waals surface area contributed by atoms with Crippen molar-refractivity contribution in [2.45, 2.75) is 36.8 Å². The summed E-state index contributed by atoms with van der Waals surface area (Å²) in [6.45, 7) is 0. The van der Waals surface area contributed by atoms with E-state index in [1.807, 2.05) is 0 Å². The Bertz CT molecular complexity index is 3410. The Morgan fingerprint density at radius 3 is 0.494 bits per heavy atom. The number of hydrogen-bond donors (Lipinski definition) is 0. The molecule has 79 heavy (non-hydrogen) atoms. The fourth-order valence-electron chi connectivity index (χ4n) is 17.1. The second-order valence-corrected chi connectivity index (χ2v) is 59.8. The van der Waals surface area contributed by atoms with Crippen LogP contribution in [0.25, 0.3) is 0 Å². The third-order valence-electron chi connectivity index (χ3n) is 19.2. The molecule has 0 unspecified atom stereocenters. The van der Waals surface area contributed by atoms with E-state index in [4.69, 9.17) is 0 Å². The second-order valence-electron chi connectivity index (χ2n) is 22.4. The Hall–Kier alpha value is -7.76. The van der Waals surface area contributed by atoms with Gasteiger partial charge in [-0.1, -0.05) is 402 Å². The molecule has 10 aromatic carbocycles. The zero-order valence-electron chi connectivity index (χ0n) is 44.7. The van der Waals surface area contributed by atoms with E-state index in [1.54, 1.807) is 74.2 Å². The number of rotatable bonds is 16. The van der Waals surface area contributed by atoms with E-state index in [2.05, 4.69) is 328 Å². The van der Waals surface area contributed by atoms with Crippen molar-refractivity contribution in [1.82, 2.24) is 0 Å². The molecule has 0 aliphatic heterocycles. The lowest BCUT2D eigenvalue weighted by Gasteiger charge is -2.69. The molecule has 4 bridgehead atoms. The quantitative estimate of drug-likeness (QED) is 0.0846. The van der Waals surface area contributed by atoms with E-state index in [0.29, 0.717) is 0 Å². The lowest BCUT2D eigenvalue weighted by molar-refractivity contribution is 1.04. The molecule has 10 aromatic rings. The van der Waals surface area contributed by atoms with Gasteiger partial charge in [-0.2, -0.15) is 0 Å². The van der Waals surface area contributed by atoms with Gasteiger partial charge in [0.25, 0.3) is 0 Å². The molecular weight excluding hydrogens is 1030 g/mol. The first-order valence-corrected chi connectivity index (χ1v) is 42.7. The highest BCUT2D eigenvalue weighted by Crippen LogP contribution is 2.58. The SMILES string of the molecule is C1=C2CCC(=C1)C2[Si](c1ccccc1)(c1ccccc1)[Si](c1ccccc1)(c1ccccc1)[Si](c1ccccc1)(c1ccccc1)[Si](c1ccccc1)(c1ccccc1)[Si](c1ccccc1)(c1ccccc1)C1C2=CC=C1CC2. The van der Waals surface area contributed by atoms with Gasteiger partial charge in [-0.3, -0.25) is 0 Å². The van der Waals surface area contributed by atoms with Gasteiger partial charge in [-0.15, -0.1) is 0 Å². The molecule has 0 spiro atoms. The maximum Gasteiger partial charge on any atom is 0.130 e. The topological polar surface area (TPSA) is 0 Å². The average Bonchev–Trinajstić information content (AvgIpc) is 2.46. The summed E-state index contributed by atoms with van der Waals surface area (Å²) >= 11 is 0. The zero-order chi connectivity index (χ0) is 52.7. The first-order chi connectivity index (χ1) is 39.2. The molecule has 380 valence electrons. The molecule has 0 saturated heterocycles. The minimum absolute atomic E-state index is 0.222. The van der Waals surface area contributed by atoms with Crippen LogP contribution in [0.15, 0.2) is 350 Å². The van der Waals surface area contributed by atoms with Gasteiger partial charge < -0.3 is 0 Å². The molecule has 0 radical (unpaired) electrons. The van der Waals surface area contributed by atoms with Crippen LogP contribution in [0.1, 0.15) is 25.7 Å². The number of fused-ring (bicyclic) bond motifs is 4. The largest absolute Gasteiger partial charge is 0.130 e. The van der Waals surface area contributed by atoms with Gasteiger partial charge in [0, 0.05) is 11.1 Å². The molecule has 14 rings (SSSR count). The summed E-state index contributed by atoms with van der Waals surface area (Å²) in [6.07, 6.45) is 14.8. The summed E-state index contributed by atoms with van der Waals surface area (Å²) in [5, 5.41) is 15.6. The van der Waals surface area contributed by atoms with Gasteiger partial charge in [0.1, 0.15) is 36.5 Å². The van der Waals surface area contributed by atoms with Crippen molar-refractivity contribution in [3.05, 3.63) is 350 Å². The number of allylic oxidation sites excluding steroid dienone is 8. The predicted molar refractivity (Wildman–Crippen MR) is 348 cm³/mol. The molecule has 0 nitrogen and oxygen atoms in total. The van der Waals surface area contributed by atoms with Crippen LogP contribution in [0.4, 0.5) is 0 Å². The Labute approximate surface area is 471 Å². The molecule has 2 fully saturated rings. The summed E-state index contributed by atoms with van der Waals surface area (Å²) in [4.78, 5) is 0. The summed E-state index contributed by atoms with van der Waals surface area (Å²) in [7, 11) is -18.9. The molecule has 4 aliphatic carbocycles. The van der Waals surface area contributed by atoms with Crippen LogP contribution in [0.2, 0.25) is 11.1 Å². The zero-order valence-corrected chi connectivity index (χ0v) is 49.7. The van der Waals surface area contributed by atoms with Gasteiger partial charge in [0.15, 0.2) is 0 Å². The Kier molecular flexibility index (Phi) is 12.8. The van der Waals surface area contributed by atoms with Gasteiger partial charge in [0.2, 0.25) is 0 Å². The maximum atomic E-state index is 2.70. The van der Waals surface area contributed by atoms with Crippen molar-refractivity contribution in [2.75, 3.05) is 0 Å². The van der Waals surface area contributed by atoms with Crippen LogP contribution in [-0.2, 0) is 0 Å². The fraction of sp³-hybridized carbons (Fsp3) is 0.0811. The van der Waals surface area contributed by atoms with Crippen LogP contribution >= 0.6 is 0 Å². The highest BCUT2D eigenvalue weighted by Gasteiger charge is 2.85. The van der Waals surface area contributed by atoms with Crippen molar-refractivity contribution >= 4 is 88.4 Å². The van der Waals surface area contributed by atoms with Gasteiger partial charge in [0.05, 0.1) is 0 Å². The van der Waals surface area contributed by atoms with Crippen LogP contribution in [0, 0.1) is 0 Å². The molecule has 2 saturated carbocycles. The molecule has 0 aromatic heterocycles. The smallest absolute Gasteiger partial charge is 0.0649 e. The van der Waals surface area contributed by atoms with Crippen molar-refractivity contribution in [3.8, 4) is 0 Å². The second kappa shape index (κ2) is 20.5. The van der Waals surface area contributed by atoms with Crippen molar-refractivity contribution in [3.63, 3.8) is 0 Å². The molecule has 5 heteroatoms. The first kappa shape index (κ1) is 49.5. The van der Waals surface area contributed by atoms with E-state index >= 15 is 0 Å². The molecule has 0 amide bonds. The number of hydrogen-bond acceptors (Lipinski definition) is 0. The molecule has 0 N–H and O–H groups in total. The highest BCUT2D eigenvalue weighted by atomic mass is 29.9. The van der Waals surface area contributed by atoms with Gasteiger partial charge in [-0.25, -0.2) is 0 Å². The third-order valence-corrected chi connectivity index (χ3v) is 93.8. The Balaban J connectivity index is 1.41. The van der Waals surface area contributed by atoms with E-state index in [-0.39, 0.29) is 11.1 Å². The monoisotopic (exact) mass is 1090 g/mol. The number of benzene rings is 10. The van der Waals surface area contributed by atoms with Crippen molar-refractivity contribution in [2.24, 2.45) is 0 Å². The summed E-state index contributed by atoms with van der Waals surface area (Å²) in [5.74, 6) is 0. The van der Waals surface area contributed by atoms with E-state index < -0.39 is 36.5 Å². The standard InChI is InChI=1S/C74H64Si5/c1-11-31-63(32-12-1)75(64-33-13-2-14-34-64,73-59-51-52-60(73)54-53-59)77(67-39-19-5-20-40-67,68-41-21-6-22-42-68)79(71-47-27-9-28-48-71,72-49-29-10-30-50-72)78(69-43-23-7-24-44-69,70-45-25-8-26-46-70)76(65-35-15-3-16-36-65,66-37-17-4-18-38-66)74-61-55-56-62(74)58-57-61/h1-52,55-56,73-74H,53-54,57-58H2. The molecule has 0 heterocycles. The maximum absolute atomic E-state index is 3.98. The Morgan fingerprint density at radius 2 is 0.329 bits per heavy atom. The van der Waals surface area contributed by atoms with Gasteiger partial charge in [-0.05, 0) is 25.7 Å². The normalized spacial score (nSPS) is 15.6. The third kappa shape index (κ3) is 7.00. The van der Waals surface area contributed by atoms with E-state index in [9.17, 15) is 0 Å². The lowest BCUT2D eigenvalue weighted by Crippen LogP contribution is -3.12. The van der Waals surface area contributed by atoms with Gasteiger partial charge >= 0.3 is 0 Å². The van der Waals surface area contributed by atoms with Crippen LogP contribution in [-0.4, -0.2) is 36.5 Å². The van der Waals surface area contributed by atoms with E-state index in [1.165, 1.54) is 0 Å². The summed E-state index contributed by atoms with van der Waals surface area (Å²) < 4.78 is 0. The predicted octanol–water partition coefficient (Wildman–Crippen LogP) is 10.7. The Morgan fingerprint density at radius 1 is 0.177 bits per heavy atom. The highest BCUT2D eigenvalue weighted by molar-refractivity contribution is 8.07. The minimum atomic E-state index is -3.98. The summed E-state index contributed by atoms with van der Waals surface area (Å²) in [5.41, 5.74) is 6.97. The first-order valence-electron chi connectivity index (χ1n) is 28.6.